The van der Waals surface area contributed by atoms with Crippen LogP contribution in [0, 0.1) is 5.82 Å². The van der Waals surface area contributed by atoms with Crippen molar-refractivity contribution in [1.82, 2.24) is 15.0 Å². The minimum Gasteiger partial charge on any atom is -0.480 e. The second-order valence-corrected chi connectivity index (χ2v) is 5.30. The zero-order valence-corrected chi connectivity index (χ0v) is 12.3. The molecule has 1 fully saturated rings. The van der Waals surface area contributed by atoms with Crippen molar-refractivity contribution in [3.05, 3.63) is 16.3 Å². The summed E-state index contributed by atoms with van der Waals surface area (Å²) in [5.41, 5.74) is 0.0179. The summed E-state index contributed by atoms with van der Waals surface area (Å²) >= 11 is 11.6. The number of hydrogen-bond donors (Lipinski definition) is 0. The molecule has 5 nitrogen and oxygen atoms in total. The van der Waals surface area contributed by atoms with Crippen LogP contribution in [0.3, 0.4) is 0 Å². The van der Waals surface area contributed by atoms with Crippen LogP contribution in [0.25, 0.3) is 10.9 Å². The minimum absolute atomic E-state index is 0.0179. The van der Waals surface area contributed by atoms with Crippen molar-refractivity contribution in [2.24, 2.45) is 0 Å². The number of methoxy groups -OCH3 is 1. The normalized spacial score (nSPS) is 14.7. The molecule has 0 aromatic carbocycles. The molecule has 0 amide bonds. The van der Waals surface area contributed by atoms with Gasteiger partial charge >= 0.3 is 0 Å². The molecule has 20 heavy (non-hydrogen) atoms. The third kappa shape index (κ3) is 2.13. The van der Waals surface area contributed by atoms with Crippen molar-refractivity contribution < 1.29 is 9.13 Å². The largest absolute Gasteiger partial charge is 0.480 e. The fraction of sp³-hybridized carbons (Fsp3) is 0.417. The van der Waals surface area contributed by atoms with Crippen LogP contribution in [-0.4, -0.2) is 35.2 Å². The Morgan fingerprint density at radius 1 is 1.25 bits per heavy atom. The van der Waals surface area contributed by atoms with Crippen LogP contribution in [0.5, 0.6) is 5.88 Å². The first kappa shape index (κ1) is 13.6. The molecule has 1 aliphatic carbocycles. The van der Waals surface area contributed by atoms with E-state index in [0.717, 1.165) is 12.8 Å². The Bertz CT molecular complexity index is 693. The predicted octanol–water partition coefficient (Wildman–Crippen LogP) is 3.08. The summed E-state index contributed by atoms with van der Waals surface area (Å²) in [5.74, 6) is -0.0369. The molecule has 3 rings (SSSR count). The van der Waals surface area contributed by atoms with E-state index >= 15 is 0 Å². The molecule has 1 saturated carbocycles. The van der Waals surface area contributed by atoms with Gasteiger partial charge in [0.05, 0.1) is 7.11 Å². The van der Waals surface area contributed by atoms with Gasteiger partial charge in [-0.3, -0.25) is 0 Å². The van der Waals surface area contributed by atoms with Crippen LogP contribution in [-0.2, 0) is 0 Å². The zero-order valence-electron chi connectivity index (χ0n) is 10.8. The van der Waals surface area contributed by atoms with E-state index in [2.05, 4.69) is 15.0 Å². The molecule has 0 bridgehead atoms. The van der Waals surface area contributed by atoms with E-state index in [1.54, 1.807) is 0 Å². The maximum atomic E-state index is 14.1. The Kier molecular flexibility index (Phi) is 3.30. The van der Waals surface area contributed by atoms with Crippen molar-refractivity contribution in [1.29, 1.82) is 0 Å². The molecule has 8 heteroatoms. The molecule has 0 radical (unpaired) electrons. The maximum Gasteiger partial charge on any atom is 0.228 e. The Morgan fingerprint density at radius 2 is 1.95 bits per heavy atom. The van der Waals surface area contributed by atoms with E-state index < -0.39 is 5.82 Å². The topological polar surface area (TPSA) is 51.1 Å². The monoisotopic (exact) mass is 316 g/mol. The highest BCUT2D eigenvalue weighted by Gasteiger charge is 2.30. The molecule has 2 heterocycles. The summed E-state index contributed by atoms with van der Waals surface area (Å²) < 4.78 is 19.3. The Balaban J connectivity index is 2.35. The smallest absolute Gasteiger partial charge is 0.228 e. The number of fused-ring (bicyclic) bond motifs is 1. The number of aromatic nitrogens is 3. The van der Waals surface area contributed by atoms with Gasteiger partial charge in [0.25, 0.3) is 0 Å². The lowest BCUT2D eigenvalue weighted by Gasteiger charge is -2.20. The van der Waals surface area contributed by atoms with Crippen LogP contribution in [0.15, 0.2) is 0 Å². The van der Waals surface area contributed by atoms with Crippen molar-refractivity contribution in [3.8, 4) is 5.88 Å². The number of rotatable bonds is 3. The summed E-state index contributed by atoms with van der Waals surface area (Å²) in [6.45, 7) is 0. The first-order chi connectivity index (χ1) is 9.52. The number of nitrogens with zero attached hydrogens (tertiary/aromatic N) is 4. The second kappa shape index (κ2) is 4.86. The molecule has 2 aromatic rings. The molecule has 2 aromatic heterocycles. The number of ether oxygens (including phenoxy) is 1. The van der Waals surface area contributed by atoms with Gasteiger partial charge in [-0.05, 0) is 24.4 Å². The summed E-state index contributed by atoms with van der Waals surface area (Å²) in [4.78, 5) is 13.9. The van der Waals surface area contributed by atoms with Gasteiger partial charge in [0.15, 0.2) is 11.0 Å². The quantitative estimate of drug-likeness (QED) is 0.643. The number of hydrogen-bond acceptors (Lipinski definition) is 5. The molecule has 0 aliphatic heterocycles. The molecule has 0 N–H and O–H groups in total. The van der Waals surface area contributed by atoms with E-state index in [1.165, 1.54) is 7.11 Å². The van der Waals surface area contributed by atoms with Gasteiger partial charge in [-0.1, -0.05) is 11.6 Å². The van der Waals surface area contributed by atoms with Gasteiger partial charge in [-0.15, -0.1) is 0 Å². The molecule has 0 spiro atoms. The minimum atomic E-state index is -0.725. The van der Waals surface area contributed by atoms with Gasteiger partial charge in [-0.25, -0.2) is 9.37 Å². The molecule has 0 atom stereocenters. The Labute approximate surface area is 124 Å². The first-order valence-corrected chi connectivity index (χ1v) is 6.77. The van der Waals surface area contributed by atoms with E-state index in [9.17, 15) is 4.39 Å². The average molecular weight is 317 g/mol. The highest BCUT2D eigenvalue weighted by atomic mass is 35.5. The number of pyridine rings is 1. The second-order valence-electron chi connectivity index (χ2n) is 4.61. The summed E-state index contributed by atoms with van der Waals surface area (Å²) in [6, 6.07) is 0.368. The standard InChI is InChI=1S/C12H11Cl2FN4O/c1-19(5-3-4-5)10-6-8(16-12(14)18-10)7(15)9(13)17-11(6)20-2/h5H,3-4H2,1-2H3. The molecule has 1 aliphatic rings. The third-order valence-corrected chi connectivity index (χ3v) is 3.71. The lowest BCUT2D eigenvalue weighted by Crippen LogP contribution is -2.21. The lowest BCUT2D eigenvalue weighted by molar-refractivity contribution is 0.402. The highest BCUT2D eigenvalue weighted by molar-refractivity contribution is 6.31. The van der Waals surface area contributed by atoms with Crippen LogP contribution >= 0.6 is 23.2 Å². The van der Waals surface area contributed by atoms with Crippen LogP contribution in [0.1, 0.15) is 12.8 Å². The highest BCUT2D eigenvalue weighted by Crippen LogP contribution is 2.38. The van der Waals surface area contributed by atoms with Gasteiger partial charge in [0, 0.05) is 13.1 Å². The number of anilines is 1. The summed E-state index contributed by atoms with van der Waals surface area (Å²) in [7, 11) is 3.31. The van der Waals surface area contributed by atoms with Gasteiger partial charge in [0.1, 0.15) is 16.7 Å². The fourth-order valence-electron chi connectivity index (χ4n) is 2.11. The predicted molar refractivity (Wildman–Crippen MR) is 75.3 cm³/mol. The van der Waals surface area contributed by atoms with Crippen molar-refractivity contribution in [2.45, 2.75) is 18.9 Å². The Hall–Kier alpha value is -1.40. The van der Waals surface area contributed by atoms with Gasteiger partial charge in [0.2, 0.25) is 11.2 Å². The molecular formula is C12H11Cl2FN4O. The Morgan fingerprint density at radius 3 is 2.55 bits per heavy atom. The van der Waals surface area contributed by atoms with Crippen molar-refractivity contribution in [2.75, 3.05) is 19.1 Å². The van der Waals surface area contributed by atoms with E-state index in [0.29, 0.717) is 17.2 Å². The third-order valence-electron chi connectivity index (χ3n) is 3.29. The fourth-order valence-corrected chi connectivity index (χ4v) is 2.44. The van der Waals surface area contributed by atoms with Crippen molar-refractivity contribution >= 4 is 39.9 Å². The van der Waals surface area contributed by atoms with Crippen LogP contribution in [0.4, 0.5) is 10.2 Å². The van der Waals surface area contributed by atoms with E-state index in [4.69, 9.17) is 27.9 Å². The molecular weight excluding hydrogens is 306 g/mol. The van der Waals surface area contributed by atoms with Crippen molar-refractivity contribution in [3.63, 3.8) is 0 Å². The lowest BCUT2D eigenvalue weighted by atomic mass is 10.2. The summed E-state index contributed by atoms with van der Waals surface area (Å²) in [6.07, 6.45) is 2.12. The SMILES string of the molecule is COc1nc(Cl)c(F)c2nc(Cl)nc(N(C)C3CC3)c12. The maximum absolute atomic E-state index is 14.1. The van der Waals surface area contributed by atoms with Crippen LogP contribution in [0.2, 0.25) is 10.4 Å². The summed E-state index contributed by atoms with van der Waals surface area (Å²) in [5, 5.41) is 0.0422. The number of halogens is 3. The van der Waals surface area contributed by atoms with E-state index in [-0.39, 0.29) is 21.8 Å². The zero-order chi connectivity index (χ0) is 14.4. The van der Waals surface area contributed by atoms with E-state index in [1.807, 2.05) is 11.9 Å². The molecule has 106 valence electrons. The van der Waals surface area contributed by atoms with Gasteiger partial charge in [-0.2, -0.15) is 9.97 Å². The first-order valence-electron chi connectivity index (χ1n) is 6.02. The van der Waals surface area contributed by atoms with Crippen LogP contribution < -0.4 is 9.64 Å². The molecule has 0 saturated heterocycles. The van der Waals surface area contributed by atoms with Gasteiger partial charge < -0.3 is 9.64 Å². The average Bonchev–Trinajstić information content (AvgIpc) is 3.25. The molecule has 0 unspecified atom stereocenters.